The monoisotopic (exact) mass is 198 g/mol. The Morgan fingerprint density at radius 1 is 1.62 bits per heavy atom. The molecular weight excluding hydrogens is 184 g/mol. The summed E-state index contributed by atoms with van der Waals surface area (Å²) in [7, 11) is 0. The van der Waals surface area contributed by atoms with Crippen LogP contribution in [-0.4, -0.2) is 18.5 Å². The van der Waals surface area contributed by atoms with Crippen molar-refractivity contribution in [2.45, 2.75) is 13.0 Å². The van der Waals surface area contributed by atoms with Crippen LogP contribution in [-0.2, 0) is 9.47 Å². The van der Waals surface area contributed by atoms with Gasteiger partial charge in [0.15, 0.2) is 11.5 Å². The van der Waals surface area contributed by atoms with Gasteiger partial charge in [-0.05, 0) is 19.1 Å². The second-order valence-electron chi connectivity index (χ2n) is 2.67. The minimum atomic E-state index is 0.0400. The highest BCUT2D eigenvalue weighted by Crippen LogP contribution is 2.20. The Bertz CT molecular complexity index is 243. The molecule has 0 aromatic rings. The van der Waals surface area contributed by atoms with E-state index in [4.69, 9.17) is 9.47 Å². The first-order chi connectivity index (χ1) is 6.31. The zero-order valence-corrected chi connectivity index (χ0v) is 8.59. The molecule has 1 rings (SSSR count). The SMILES string of the molecule is C=CC1=C(/C=C\C)OC(CS)CO1. The van der Waals surface area contributed by atoms with Crippen molar-refractivity contribution >= 4 is 12.6 Å². The Hall–Kier alpha value is -0.830. The molecule has 0 amide bonds. The highest BCUT2D eigenvalue weighted by Gasteiger charge is 2.18. The highest BCUT2D eigenvalue weighted by atomic mass is 32.1. The highest BCUT2D eigenvalue weighted by molar-refractivity contribution is 7.80. The Labute approximate surface area is 84.3 Å². The molecule has 1 unspecified atom stereocenters. The van der Waals surface area contributed by atoms with Crippen molar-refractivity contribution in [1.29, 1.82) is 0 Å². The van der Waals surface area contributed by atoms with Crippen molar-refractivity contribution in [2.75, 3.05) is 12.4 Å². The zero-order valence-electron chi connectivity index (χ0n) is 7.69. The van der Waals surface area contributed by atoms with E-state index in [1.807, 2.05) is 19.1 Å². The minimum Gasteiger partial charge on any atom is -0.486 e. The fourth-order valence-corrected chi connectivity index (χ4v) is 1.23. The van der Waals surface area contributed by atoms with Gasteiger partial charge in [-0.3, -0.25) is 0 Å². The predicted octanol–water partition coefficient (Wildman–Crippen LogP) is 2.31. The molecule has 1 heterocycles. The van der Waals surface area contributed by atoms with E-state index in [9.17, 15) is 0 Å². The average molecular weight is 198 g/mol. The maximum atomic E-state index is 5.60. The van der Waals surface area contributed by atoms with Gasteiger partial charge in [0.25, 0.3) is 0 Å². The molecule has 13 heavy (non-hydrogen) atoms. The van der Waals surface area contributed by atoms with Crippen LogP contribution < -0.4 is 0 Å². The van der Waals surface area contributed by atoms with E-state index in [2.05, 4.69) is 19.2 Å². The Balaban J connectivity index is 2.79. The van der Waals surface area contributed by atoms with Crippen LogP contribution in [0.1, 0.15) is 6.92 Å². The van der Waals surface area contributed by atoms with E-state index in [1.165, 1.54) is 0 Å². The maximum absolute atomic E-state index is 5.60. The van der Waals surface area contributed by atoms with Crippen molar-refractivity contribution in [3.63, 3.8) is 0 Å². The standard InChI is InChI=1S/C10H14O2S/c1-3-5-10-9(4-2)11-6-8(7-13)12-10/h3-5,8,13H,2,6-7H2,1H3/b5-3-. The first-order valence-electron chi connectivity index (χ1n) is 4.21. The van der Waals surface area contributed by atoms with Gasteiger partial charge in [-0.2, -0.15) is 12.6 Å². The van der Waals surface area contributed by atoms with Crippen LogP contribution in [0.3, 0.4) is 0 Å². The van der Waals surface area contributed by atoms with Gasteiger partial charge in [-0.25, -0.2) is 0 Å². The summed E-state index contributed by atoms with van der Waals surface area (Å²) < 4.78 is 11.0. The lowest BCUT2D eigenvalue weighted by Gasteiger charge is -2.25. The number of rotatable bonds is 3. The Morgan fingerprint density at radius 3 is 2.92 bits per heavy atom. The molecule has 3 heteroatoms. The van der Waals surface area contributed by atoms with Gasteiger partial charge < -0.3 is 9.47 Å². The topological polar surface area (TPSA) is 18.5 Å². The smallest absolute Gasteiger partial charge is 0.161 e. The fraction of sp³-hybridized carbons (Fsp3) is 0.400. The first kappa shape index (κ1) is 10.3. The van der Waals surface area contributed by atoms with Crippen LogP contribution in [0, 0.1) is 0 Å². The molecule has 1 atom stereocenters. The van der Waals surface area contributed by atoms with Crippen LogP contribution >= 0.6 is 12.6 Å². The second-order valence-corrected chi connectivity index (χ2v) is 3.03. The average Bonchev–Trinajstić information content (AvgIpc) is 2.18. The number of hydrogen-bond acceptors (Lipinski definition) is 3. The number of ether oxygens (including phenoxy) is 2. The number of hydrogen-bond donors (Lipinski definition) is 1. The summed E-state index contributed by atoms with van der Waals surface area (Å²) in [5.41, 5.74) is 0. The molecule has 1 aliphatic heterocycles. The first-order valence-corrected chi connectivity index (χ1v) is 4.84. The summed E-state index contributed by atoms with van der Waals surface area (Å²) in [6, 6.07) is 0. The van der Waals surface area contributed by atoms with E-state index in [-0.39, 0.29) is 6.10 Å². The van der Waals surface area contributed by atoms with Crippen LogP contribution in [0.25, 0.3) is 0 Å². The van der Waals surface area contributed by atoms with Crippen molar-refractivity contribution in [3.05, 3.63) is 36.3 Å². The summed E-state index contributed by atoms with van der Waals surface area (Å²) in [5.74, 6) is 2.10. The van der Waals surface area contributed by atoms with Crippen molar-refractivity contribution in [2.24, 2.45) is 0 Å². The Morgan fingerprint density at radius 2 is 2.38 bits per heavy atom. The molecular formula is C10H14O2S. The molecule has 0 aliphatic carbocycles. The largest absolute Gasteiger partial charge is 0.486 e. The summed E-state index contributed by atoms with van der Waals surface area (Å²) in [6.45, 7) is 6.13. The summed E-state index contributed by atoms with van der Waals surface area (Å²) >= 11 is 4.15. The minimum absolute atomic E-state index is 0.0400. The van der Waals surface area contributed by atoms with Gasteiger partial charge in [-0.1, -0.05) is 12.7 Å². The number of allylic oxidation sites excluding steroid dienone is 3. The van der Waals surface area contributed by atoms with Crippen molar-refractivity contribution in [3.8, 4) is 0 Å². The molecule has 0 saturated carbocycles. The van der Waals surface area contributed by atoms with E-state index in [0.717, 1.165) is 5.76 Å². The van der Waals surface area contributed by atoms with Crippen LogP contribution in [0.2, 0.25) is 0 Å². The maximum Gasteiger partial charge on any atom is 0.161 e. The molecule has 72 valence electrons. The van der Waals surface area contributed by atoms with Gasteiger partial charge in [-0.15, -0.1) is 0 Å². The van der Waals surface area contributed by atoms with Crippen molar-refractivity contribution in [1.82, 2.24) is 0 Å². The summed E-state index contributed by atoms with van der Waals surface area (Å²) in [5, 5.41) is 0. The van der Waals surface area contributed by atoms with Crippen molar-refractivity contribution < 1.29 is 9.47 Å². The quantitative estimate of drug-likeness (QED) is 0.701. The molecule has 0 aromatic heterocycles. The molecule has 0 saturated heterocycles. The predicted molar refractivity (Wildman–Crippen MR) is 56.7 cm³/mol. The molecule has 2 nitrogen and oxygen atoms in total. The molecule has 0 N–H and O–H groups in total. The second kappa shape index (κ2) is 5.02. The Kier molecular flexibility index (Phi) is 3.96. The molecule has 0 aromatic carbocycles. The molecule has 0 radical (unpaired) electrons. The van der Waals surface area contributed by atoms with Gasteiger partial charge in [0, 0.05) is 5.75 Å². The lowest BCUT2D eigenvalue weighted by molar-refractivity contribution is 0.0217. The molecule has 0 bridgehead atoms. The molecule has 0 spiro atoms. The van der Waals surface area contributed by atoms with Gasteiger partial charge >= 0.3 is 0 Å². The van der Waals surface area contributed by atoms with E-state index >= 15 is 0 Å². The van der Waals surface area contributed by atoms with Crippen LogP contribution in [0.15, 0.2) is 36.3 Å². The third-order valence-corrected chi connectivity index (χ3v) is 2.08. The lowest BCUT2D eigenvalue weighted by atomic mass is 10.3. The van der Waals surface area contributed by atoms with Gasteiger partial charge in [0.2, 0.25) is 0 Å². The van der Waals surface area contributed by atoms with Crippen LogP contribution in [0.5, 0.6) is 0 Å². The summed E-state index contributed by atoms with van der Waals surface area (Å²) in [4.78, 5) is 0. The van der Waals surface area contributed by atoms with Gasteiger partial charge in [0.05, 0.1) is 0 Å². The van der Waals surface area contributed by atoms with Gasteiger partial charge in [0.1, 0.15) is 12.7 Å². The summed E-state index contributed by atoms with van der Waals surface area (Å²) in [6.07, 6.45) is 5.47. The zero-order chi connectivity index (χ0) is 9.68. The normalized spacial score (nSPS) is 22.8. The third-order valence-electron chi connectivity index (χ3n) is 1.67. The number of thiol groups is 1. The van der Waals surface area contributed by atoms with Crippen LogP contribution in [0.4, 0.5) is 0 Å². The third kappa shape index (κ3) is 2.56. The van der Waals surface area contributed by atoms with E-state index < -0.39 is 0 Å². The van der Waals surface area contributed by atoms with E-state index in [0.29, 0.717) is 18.1 Å². The lowest BCUT2D eigenvalue weighted by Crippen LogP contribution is -2.26. The molecule has 1 aliphatic rings. The molecule has 0 fully saturated rings. The fourth-order valence-electron chi connectivity index (χ4n) is 1.05. The van der Waals surface area contributed by atoms with E-state index in [1.54, 1.807) is 6.08 Å².